The zero-order valence-electron chi connectivity index (χ0n) is 16.2. The zero-order chi connectivity index (χ0) is 22.2. The summed E-state index contributed by atoms with van der Waals surface area (Å²) in [5, 5.41) is 4.69. The summed E-state index contributed by atoms with van der Waals surface area (Å²) in [5.74, 6) is -3.02. The van der Waals surface area contributed by atoms with Crippen molar-refractivity contribution in [3.8, 4) is 5.75 Å². The van der Waals surface area contributed by atoms with Gasteiger partial charge in [0.1, 0.15) is 5.75 Å². The van der Waals surface area contributed by atoms with Gasteiger partial charge in [-0.15, -0.1) is 0 Å². The molecule has 0 heterocycles. The first-order valence-electron chi connectivity index (χ1n) is 9.26. The van der Waals surface area contributed by atoms with Crippen molar-refractivity contribution < 1.29 is 27.9 Å². The maximum atomic E-state index is 13.1. The number of amides is 2. The van der Waals surface area contributed by atoms with E-state index in [0.29, 0.717) is 16.9 Å². The van der Waals surface area contributed by atoms with Crippen molar-refractivity contribution >= 4 is 23.3 Å². The van der Waals surface area contributed by atoms with E-state index < -0.39 is 23.4 Å². The van der Waals surface area contributed by atoms with Crippen LogP contribution in [-0.2, 0) is 9.59 Å². The Balaban J connectivity index is 1.43. The van der Waals surface area contributed by atoms with E-state index in [1.54, 1.807) is 48.5 Å². The molecule has 6 nitrogen and oxygen atoms in total. The Hall–Kier alpha value is -4.07. The predicted octanol–water partition coefficient (Wildman–Crippen LogP) is 3.33. The lowest BCUT2D eigenvalue weighted by Gasteiger charge is -2.09. The van der Waals surface area contributed by atoms with Gasteiger partial charge in [-0.1, -0.05) is 30.3 Å². The number of ketones is 1. The fourth-order valence-electron chi connectivity index (χ4n) is 2.62. The molecule has 0 aliphatic heterocycles. The second kappa shape index (κ2) is 10.1. The lowest BCUT2D eigenvalue weighted by molar-refractivity contribution is -0.125. The Morgan fingerprint density at radius 1 is 0.774 bits per heavy atom. The standard InChI is InChI=1S/C23H18F2N2O4/c24-19-11-8-17(12-20(19)25)27-21(28)13-26-22(29)14-31-18-9-6-16(7-10-18)23(30)15-4-2-1-3-5-15/h1-12H,13-14H2,(H,26,29)(H,27,28). The topological polar surface area (TPSA) is 84.5 Å². The molecule has 0 aliphatic carbocycles. The smallest absolute Gasteiger partial charge is 0.258 e. The number of carbonyl (C=O) groups is 3. The molecule has 31 heavy (non-hydrogen) atoms. The van der Waals surface area contributed by atoms with E-state index in [-0.39, 0.29) is 24.6 Å². The molecule has 0 saturated heterocycles. The summed E-state index contributed by atoms with van der Waals surface area (Å²) in [6, 6.07) is 18.1. The molecule has 158 valence electrons. The van der Waals surface area contributed by atoms with Crippen molar-refractivity contribution in [1.82, 2.24) is 5.32 Å². The molecule has 2 amide bonds. The van der Waals surface area contributed by atoms with Crippen molar-refractivity contribution in [2.75, 3.05) is 18.5 Å². The summed E-state index contributed by atoms with van der Waals surface area (Å²) in [5.41, 5.74) is 1.12. The molecule has 0 saturated carbocycles. The van der Waals surface area contributed by atoms with Gasteiger partial charge >= 0.3 is 0 Å². The summed E-state index contributed by atoms with van der Waals surface area (Å²) in [7, 11) is 0. The molecule has 0 spiro atoms. The number of benzene rings is 3. The molecule has 0 aliphatic rings. The third kappa shape index (κ3) is 6.20. The predicted molar refractivity (Wildman–Crippen MR) is 110 cm³/mol. The summed E-state index contributed by atoms with van der Waals surface area (Å²) in [6.45, 7) is -0.712. The Kier molecular flexibility index (Phi) is 7.05. The normalized spacial score (nSPS) is 10.3. The highest BCUT2D eigenvalue weighted by Gasteiger charge is 2.10. The third-order valence-corrected chi connectivity index (χ3v) is 4.17. The van der Waals surface area contributed by atoms with Crippen LogP contribution in [0.1, 0.15) is 15.9 Å². The summed E-state index contributed by atoms with van der Waals surface area (Å²) in [6.07, 6.45) is 0. The summed E-state index contributed by atoms with van der Waals surface area (Å²) < 4.78 is 31.3. The van der Waals surface area contributed by atoms with Gasteiger partial charge in [0.25, 0.3) is 5.91 Å². The van der Waals surface area contributed by atoms with E-state index in [0.717, 1.165) is 12.1 Å². The molecule has 3 rings (SSSR count). The zero-order valence-corrected chi connectivity index (χ0v) is 16.2. The molecule has 0 atom stereocenters. The van der Waals surface area contributed by atoms with E-state index in [1.165, 1.54) is 6.07 Å². The molecule has 2 N–H and O–H groups in total. The molecule has 0 aromatic heterocycles. The number of anilines is 1. The summed E-state index contributed by atoms with van der Waals surface area (Å²) in [4.78, 5) is 36.0. The van der Waals surface area contributed by atoms with Crippen LogP contribution in [0, 0.1) is 11.6 Å². The molecule has 0 unspecified atom stereocenters. The third-order valence-electron chi connectivity index (χ3n) is 4.17. The van der Waals surface area contributed by atoms with Gasteiger partial charge in [-0.3, -0.25) is 14.4 Å². The van der Waals surface area contributed by atoms with Gasteiger partial charge in [-0.25, -0.2) is 8.78 Å². The van der Waals surface area contributed by atoms with Crippen LogP contribution in [0.2, 0.25) is 0 Å². The average molecular weight is 424 g/mol. The lowest BCUT2D eigenvalue weighted by atomic mass is 10.0. The number of carbonyl (C=O) groups excluding carboxylic acids is 3. The lowest BCUT2D eigenvalue weighted by Crippen LogP contribution is -2.35. The second-order valence-electron chi connectivity index (χ2n) is 6.46. The Bertz CT molecular complexity index is 1090. The molecule has 0 bridgehead atoms. The number of hydrogen-bond acceptors (Lipinski definition) is 4. The first-order chi connectivity index (χ1) is 14.9. The van der Waals surface area contributed by atoms with Crippen molar-refractivity contribution in [1.29, 1.82) is 0 Å². The van der Waals surface area contributed by atoms with E-state index in [4.69, 9.17) is 4.74 Å². The Morgan fingerprint density at radius 3 is 2.13 bits per heavy atom. The highest BCUT2D eigenvalue weighted by atomic mass is 19.2. The molecular formula is C23H18F2N2O4. The van der Waals surface area contributed by atoms with Crippen LogP contribution < -0.4 is 15.4 Å². The van der Waals surface area contributed by atoms with Crippen molar-refractivity contribution in [2.45, 2.75) is 0 Å². The van der Waals surface area contributed by atoms with Gasteiger partial charge in [-0.05, 0) is 36.4 Å². The number of nitrogens with one attached hydrogen (secondary N) is 2. The van der Waals surface area contributed by atoms with Crippen LogP contribution in [-0.4, -0.2) is 30.7 Å². The van der Waals surface area contributed by atoms with Crippen molar-refractivity contribution in [2.24, 2.45) is 0 Å². The maximum absolute atomic E-state index is 13.1. The number of rotatable bonds is 8. The average Bonchev–Trinajstić information content (AvgIpc) is 2.79. The van der Waals surface area contributed by atoms with E-state index in [1.807, 2.05) is 6.07 Å². The number of ether oxygens (including phenoxy) is 1. The SMILES string of the molecule is O=C(COc1ccc(C(=O)c2ccccc2)cc1)NCC(=O)Nc1ccc(F)c(F)c1. The van der Waals surface area contributed by atoms with E-state index in [9.17, 15) is 23.2 Å². The Labute approximate surface area is 176 Å². The van der Waals surface area contributed by atoms with Crippen molar-refractivity contribution in [3.63, 3.8) is 0 Å². The molecule has 0 fully saturated rings. The van der Waals surface area contributed by atoms with E-state index in [2.05, 4.69) is 10.6 Å². The first-order valence-corrected chi connectivity index (χ1v) is 9.26. The highest BCUT2D eigenvalue weighted by Crippen LogP contribution is 2.15. The van der Waals surface area contributed by atoms with Crippen LogP contribution in [0.5, 0.6) is 5.75 Å². The Morgan fingerprint density at radius 2 is 1.45 bits per heavy atom. The van der Waals surface area contributed by atoms with Gasteiger partial charge < -0.3 is 15.4 Å². The fourth-order valence-corrected chi connectivity index (χ4v) is 2.62. The molecule has 3 aromatic carbocycles. The summed E-state index contributed by atoms with van der Waals surface area (Å²) >= 11 is 0. The molecular weight excluding hydrogens is 406 g/mol. The van der Waals surface area contributed by atoms with Crippen LogP contribution in [0.3, 0.4) is 0 Å². The second-order valence-corrected chi connectivity index (χ2v) is 6.46. The minimum Gasteiger partial charge on any atom is -0.484 e. The van der Waals surface area contributed by atoms with Crippen LogP contribution in [0.15, 0.2) is 72.8 Å². The molecule has 3 aromatic rings. The maximum Gasteiger partial charge on any atom is 0.258 e. The van der Waals surface area contributed by atoms with Gasteiger partial charge in [0.05, 0.1) is 6.54 Å². The minimum absolute atomic E-state index is 0.0690. The van der Waals surface area contributed by atoms with Gasteiger partial charge in [0.15, 0.2) is 24.0 Å². The number of halogens is 2. The van der Waals surface area contributed by atoms with Crippen LogP contribution in [0.4, 0.5) is 14.5 Å². The largest absolute Gasteiger partial charge is 0.484 e. The van der Waals surface area contributed by atoms with Crippen LogP contribution in [0.25, 0.3) is 0 Å². The first kappa shape index (κ1) is 21.6. The quantitative estimate of drug-likeness (QED) is 0.544. The monoisotopic (exact) mass is 424 g/mol. The fraction of sp³-hybridized carbons (Fsp3) is 0.0870. The van der Waals surface area contributed by atoms with Gasteiger partial charge in [0, 0.05) is 22.9 Å². The number of hydrogen-bond donors (Lipinski definition) is 2. The highest BCUT2D eigenvalue weighted by molar-refractivity contribution is 6.09. The van der Waals surface area contributed by atoms with E-state index >= 15 is 0 Å². The minimum atomic E-state index is -1.09. The molecule has 8 heteroatoms. The van der Waals surface area contributed by atoms with Crippen molar-refractivity contribution in [3.05, 3.63) is 95.6 Å². The van der Waals surface area contributed by atoms with Gasteiger partial charge in [0.2, 0.25) is 5.91 Å². The van der Waals surface area contributed by atoms with Gasteiger partial charge in [-0.2, -0.15) is 0 Å². The van der Waals surface area contributed by atoms with Crippen LogP contribution >= 0.6 is 0 Å². The molecule has 0 radical (unpaired) electrons.